The van der Waals surface area contributed by atoms with Gasteiger partial charge in [-0.25, -0.2) is 4.79 Å². The fourth-order valence-corrected chi connectivity index (χ4v) is 2.34. The lowest BCUT2D eigenvalue weighted by Crippen LogP contribution is -2.33. The first-order chi connectivity index (χ1) is 10.3. The molecule has 5 nitrogen and oxygen atoms in total. The molecule has 0 aromatic carbocycles. The fraction of sp³-hybridized carbons (Fsp3) is 0.231. The van der Waals surface area contributed by atoms with Crippen molar-refractivity contribution in [3.05, 3.63) is 50.6 Å². The lowest BCUT2D eigenvalue weighted by molar-refractivity contribution is -0.137. The molecule has 0 aliphatic carbocycles. The molecule has 22 heavy (non-hydrogen) atoms. The van der Waals surface area contributed by atoms with Gasteiger partial charge in [0.1, 0.15) is 5.69 Å². The van der Waals surface area contributed by atoms with Crippen LogP contribution in [0.5, 0.6) is 0 Å². The number of hydrogen-bond acceptors (Lipinski definition) is 3. The van der Waals surface area contributed by atoms with Crippen molar-refractivity contribution < 1.29 is 18.0 Å². The number of aromatic amines is 1. The molecule has 9 heteroatoms. The summed E-state index contributed by atoms with van der Waals surface area (Å²) >= 11 is 1.47. The topological polar surface area (TPSA) is 65.2 Å². The first-order valence-electron chi connectivity index (χ1n) is 6.10. The van der Waals surface area contributed by atoms with E-state index < -0.39 is 29.0 Å². The van der Waals surface area contributed by atoms with Crippen LogP contribution in [-0.2, 0) is 12.7 Å². The van der Waals surface area contributed by atoms with Crippen LogP contribution in [0, 0.1) is 0 Å². The SMILES string of the molecule is CN(Cc1ccsc1)C(=O)Nc1cc(C(F)(F)F)c[nH]c1=O. The third-order valence-corrected chi connectivity index (χ3v) is 3.55. The normalized spacial score (nSPS) is 11.3. The Bertz CT molecular complexity index is 710. The first-order valence-corrected chi connectivity index (χ1v) is 7.05. The van der Waals surface area contributed by atoms with E-state index in [9.17, 15) is 22.8 Å². The number of pyridine rings is 1. The maximum absolute atomic E-state index is 12.6. The molecule has 0 aliphatic heterocycles. The van der Waals surface area contributed by atoms with E-state index in [1.54, 1.807) is 0 Å². The van der Waals surface area contributed by atoms with Gasteiger partial charge in [-0.2, -0.15) is 24.5 Å². The molecule has 0 spiro atoms. The number of halogens is 3. The minimum Gasteiger partial charge on any atom is -0.327 e. The van der Waals surface area contributed by atoms with Gasteiger partial charge in [0.15, 0.2) is 0 Å². The van der Waals surface area contributed by atoms with Crippen LogP contribution in [-0.4, -0.2) is 23.0 Å². The van der Waals surface area contributed by atoms with E-state index in [0.717, 1.165) is 5.56 Å². The molecular formula is C13H12F3N3O2S. The summed E-state index contributed by atoms with van der Waals surface area (Å²) in [7, 11) is 1.48. The van der Waals surface area contributed by atoms with E-state index in [0.29, 0.717) is 12.3 Å². The number of alkyl halides is 3. The molecule has 2 aromatic heterocycles. The van der Waals surface area contributed by atoms with E-state index >= 15 is 0 Å². The van der Waals surface area contributed by atoms with Crippen molar-refractivity contribution in [3.63, 3.8) is 0 Å². The zero-order valence-electron chi connectivity index (χ0n) is 11.4. The van der Waals surface area contributed by atoms with Crippen LogP contribution >= 0.6 is 11.3 Å². The van der Waals surface area contributed by atoms with Crippen LogP contribution in [0.3, 0.4) is 0 Å². The molecule has 2 aromatic rings. The number of H-pyrrole nitrogens is 1. The number of thiophene rings is 1. The second-order valence-corrected chi connectivity index (χ2v) is 5.33. The summed E-state index contributed by atoms with van der Waals surface area (Å²) in [5, 5.41) is 5.88. The molecule has 2 heterocycles. The van der Waals surface area contributed by atoms with E-state index in [-0.39, 0.29) is 6.54 Å². The van der Waals surface area contributed by atoms with Crippen molar-refractivity contribution in [2.24, 2.45) is 0 Å². The molecule has 0 aliphatic rings. The number of hydrogen-bond donors (Lipinski definition) is 2. The molecule has 2 N–H and O–H groups in total. The third-order valence-electron chi connectivity index (χ3n) is 2.82. The van der Waals surface area contributed by atoms with Crippen LogP contribution in [0.25, 0.3) is 0 Å². The van der Waals surface area contributed by atoms with Gasteiger partial charge in [0.05, 0.1) is 5.56 Å². The van der Waals surface area contributed by atoms with Gasteiger partial charge in [-0.05, 0) is 28.5 Å². The van der Waals surface area contributed by atoms with Gasteiger partial charge in [0.25, 0.3) is 5.56 Å². The zero-order chi connectivity index (χ0) is 16.3. The fourth-order valence-electron chi connectivity index (χ4n) is 1.68. The summed E-state index contributed by atoms with van der Waals surface area (Å²) in [5.74, 6) is 0. The lowest BCUT2D eigenvalue weighted by atomic mass is 10.2. The summed E-state index contributed by atoms with van der Waals surface area (Å²) in [6.07, 6.45) is -4.04. The molecule has 0 fully saturated rings. The van der Waals surface area contributed by atoms with Crippen LogP contribution < -0.4 is 10.9 Å². The standard InChI is InChI=1S/C13H12F3N3O2S/c1-19(6-8-2-3-22-7-8)12(21)18-10-4-9(13(14,15)16)5-17-11(10)20/h2-5,7H,6H2,1H3,(H,17,20)(H,18,21). The monoisotopic (exact) mass is 331 g/mol. The van der Waals surface area contributed by atoms with Crippen molar-refractivity contribution >= 4 is 23.1 Å². The Morgan fingerprint density at radius 2 is 2.18 bits per heavy atom. The second-order valence-electron chi connectivity index (χ2n) is 4.55. The van der Waals surface area contributed by atoms with Crippen molar-refractivity contribution in [1.29, 1.82) is 0 Å². The van der Waals surface area contributed by atoms with Gasteiger partial charge in [-0.1, -0.05) is 0 Å². The maximum atomic E-state index is 12.6. The Labute approximate surface area is 127 Å². The van der Waals surface area contributed by atoms with E-state index in [1.165, 1.54) is 23.3 Å². The van der Waals surface area contributed by atoms with Crippen LogP contribution in [0.2, 0.25) is 0 Å². The largest absolute Gasteiger partial charge is 0.417 e. The molecule has 0 saturated heterocycles. The highest BCUT2D eigenvalue weighted by Crippen LogP contribution is 2.29. The summed E-state index contributed by atoms with van der Waals surface area (Å²) < 4.78 is 37.8. The number of aromatic nitrogens is 1. The molecule has 0 saturated carbocycles. The number of carbonyl (C=O) groups excluding carboxylic acids is 1. The van der Waals surface area contributed by atoms with E-state index in [1.807, 2.05) is 21.8 Å². The molecule has 2 rings (SSSR count). The van der Waals surface area contributed by atoms with Crippen molar-refractivity contribution in [3.8, 4) is 0 Å². The maximum Gasteiger partial charge on any atom is 0.417 e. The number of nitrogens with zero attached hydrogens (tertiary/aromatic N) is 1. The smallest absolute Gasteiger partial charge is 0.327 e. The van der Waals surface area contributed by atoms with Gasteiger partial charge in [-0.15, -0.1) is 0 Å². The van der Waals surface area contributed by atoms with Crippen LogP contribution in [0.4, 0.5) is 23.7 Å². The number of nitrogens with one attached hydrogen (secondary N) is 2. The highest BCUT2D eigenvalue weighted by atomic mass is 32.1. The number of rotatable bonds is 3. The molecule has 0 atom stereocenters. The van der Waals surface area contributed by atoms with Gasteiger partial charge in [0.2, 0.25) is 0 Å². The summed E-state index contributed by atoms with van der Waals surface area (Å²) in [6.45, 7) is 0.284. The molecule has 118 valence electrons. The van der Waals surface area contributed by atoms with Crippen LogP contribution in [0.15, 0.2) is 33.9 Å². The Hall–Kier alpha value is -2.29. The Morgan fingerprint density at radius 3 is 2.77 bits per heavy atom. The molecular weight excluding hydrogens is 319 g/mol. The van der Waals surface area contributed by atoms with Crippen molar-refractivity contribution in [1.82, 2.24) is 9.88 Å². The second kappa shape index (κ2) is 6.22. The lowest BCUT2D eigenvalue weighted by Gasteiger charge is -2.17. The number of carbonyl (C=O) groups is 1. The predicted molar refractivity (Wildman–Crippen MR) is 76.9 cm³/mol. The molecule has 0 radical (unpaired) electrons. The predicted octanol–water partition coefficient (Wildman–Crippen LogP) is 3.12. The molecule has 0 bridgehead atoms. The molecule has 0 unspecified atom stereocenters. The Morgan fingerprint density at radius 1 is 1.45 bits per heavy atom. The first kappa shape index (κ1) is 16.1. The highest BCUT2D eigenvalue weighted by molar-refractivity contribution is 7.07. The van der Waals surface area contributed by atoms with E-state index in [2.05, 4.69) is 5.32 Å². The number of urea groups is 1. The minimum atomic E-state index is -4.60. The Balaban J connectivity index is 2.12. The number of amides is 2. The third kappa shape index (κ3) is 3.88. The highest BCUT2D eigenvalue weighted by Gasteiger charge is 2.31. The average molecular weight is 331 g/mol. The van der Waals surface area contributed by atoms with Gasteiger partial charge in [-0.3, -0.25) is 4.79 Å². The van der Waals surface area contributed by atoms with Gasteiger partial charge in [0, 0.05) is 19.8 Å². The molecule has 2 amide bonds. The van der Waals surface area contributed by atoms with Crippen molar-refractivity contribution in [2.75, 3.05) is 12.4 Å². The van der Waals surface area contributed by atoms with Crippen molar-refractivity contribution in [2.45, 2.75) is 12.7 Å². The summed E-state index contributed by atoms with van der Waals surface area (Å²) in [5.41, 5.74) is -1.40. The minimum absolute atomic E-state index is 0.284. The Kier molecular flexibility index (Phi) is 4.55. The van der Waals surface area contributed by atoms with Crippen LogP contribution in [0.1, 0.15) is 11.1 Å². The quantitative estimate of drug-likeness (QED) is 0.907. The summed E-state index contributed by atoms with van der Waals surface area (Å²) in [4.78, 5) is 26.7. The average Bonchev–Trinajstić information content (AvgIpc) is 2.92. The van der Waals surface area contributed by atoms with E-state index in [4.69, 9.17) is 0 Å². The van der Waals surface area contributed by atoms with Gasteiger partial charge >= 0.3 is 12.2 Å². The summed E-state index contributed by atoms with van der Waals surface area (Å²) in [6, 6.07) is 1.76. The zero-order valence-corrected chi connectivity index (χ0v) is 12.2. The number of anilines is 1. The van der Waals surface area contributed by atoms with Gasteiger partial charge < -0.3 is 15.2 Å².